The molecule has 0 radical (unpaired) electrons. The molecule has 0 aromatic carbocycles. The average Bonchev–Trinajstić information content (AvgIpc) is 2.40. The van der Waals surface area contributed by atoms with Crippen LogP contribution in [0.1, 0.15) is 20.3 Å². The highest BCUT2D eigenvalue weighted by Crippen LogP contribution is 2.25. The molecule has 2 heterocycles. The lowest BCUT2D eigenvalue weighted by Crippen LogP contribution is -2.47. The predicted octanol–water partition coefficient (Wildman–Crippen LogP) is 2.10. The Hall–Kier alpha value is 0.420. The monoisotopic (exact) mass is 324 g/mol. The van der Waals surface area contributed by atoms with E-state index in [1.54, 1.807) is 0 Å². The lowest BCUT2D eigenvalue weighted by Gasteiger charge is -2.35. The van der Waals surface area contributed by atoms with E-state index < -0.39 is 0 Å². The Morgan fingerprint density at radius 1 is 1.42 bits per heavy atom. The normalized spacial score (nSPS) is 28.1. The van der Waals surface area contributed by atoms with Gasteiger partial charge in [-0.3, -0.25) is 4.79 Å². The van der Waals surface area contributed by atoms with Gasteiger partial charge in [0.05, 0.1) is 0 Å². The first-order valence-corrected chi connectivity index (χ1v) is 9.07. The fraction of sp³-hybridized carbons (Fsp3) is 0.923. The Labute approximate surface area is 131 Å². The highest BCUT2D eigenvalue weighted by atomic mass is 35.5. The van der Waals surface area contributed by atoms with Crippen LogP contribution in [0.15, 0.2) is 0 Å². The molecule has 0 bridgehead atoms. The molecule has 0 aromatic rings. The van der Waals surface area contributed by atoms with Crippen molar-refractivity contribution in [3.8, 4) is 0 Å². The third kappa shape index (κ3) is 5.37. The maximum Gasteiger partial charge on any atom is 0.224 e. The minimum absolute atomic E-state index is 0. The molecular formula is C13H25ClN2OS2. The van der Waals surface area contributed by atoms with Gasteiger partial charge in [-0.05, 0) is 5.92 Å². The third-order valence-electron chi connectivity index (χ3n) is 3.61. The van der Waals surface area contributed by atoms with E-state index in [-0.39, 0.29) is 12.4 Å². The lowest BCUT2D eigenvalue weighted by molar-refractivity contribution is -0.131. The topological polar surface area (TPSA) is 32.3 Å². The van der Waals surface area contributed by atoms with Crippen molar-refractivity contribution in [1.29, 1.82) is 0 Å². The molecule has 1 amide bonds. The summed E-state index contributed by atoms with van der Waals surface area (Å²) in [7, 11) is 0. The van der Waals surface area contributed by atoms with E-state index in [2.05, 4.69) is 24.1 Å². The second kappa shape index (κ2) is 8.65. The summed E-state index contributed by atoms with van der Waals surface area (Å²) < 4.78 is 0. The molecule has 0 aromatic heterocycles. The van der Waals surface area contributed by atoms with E-state index >= 15 is 0 Å². The Balaban J connectivity index is 0.00000180. The van der Waals surface area contributed by atoms with Crippen LogP contribution in [-0.2, 0) is 4.79 Å². The van der Waals surface area contributed by atoms with Crippen molar-refractivity contribution in [2.75, 3.05) is 36.9 Å². The Bertz CT molecular complexity index is 286. The van der Waals surface area contributed by atoms with Gasteiger partial charge in [-0.2, -0.15) is 23.5 Å². The fourth-order valence-corrected chi connectivity index (χ4v) is 4.64. The molecule has 19 heavy (non-hydrogen) atoms. The zero-order valence-electron chi connectivity index (χ0n) is 11.8. The number of rotatable bonds is 3. The Kier molecular flexibility index (Phi) is 7.95. The molecule has 3 nitrogen and oxygen atoms in total. The van der Waals surface area contributed by atoms with E-state index in [0.717, 1.165) is 31.1 Å². The van der Waals surface area contributed by atoms with Gasteiger partial charge < -0.3 is 10.2 Å². The van der Waals surface area contributed by atoms with Crippen LogP contribution < -0.4 is 5.32 Å². The summed E-state index contributed by atoms with van der Waals surface area (Å²) in [5.41, 5.74) is 0. The van der Waals surface area contributed by atoms with Gasteiger partial charge in [-0.1, -0.05) is 13.8 Å². The third-order valence-corrected chi connectivity index (χ3v) is 6.28. The molecule has 0 spiro atoms. The van der Waals surface area contributed by atoms with Crippen LogP contribution in [0.4, 0.5) is 0 Å². The molecule has 2 unspecified atom stereocenters. The van der Waals surface area contributed by atoms with Crippen LogP contribution in [0.3, 0.4) is 0 Å². The summed E-state index contributed by atoms with van der Waals surface area (Å²) in [5, 5.41) is 4.07. The maximum atomic E-state index is 12.3. The van der Waals surface area contributed by atoms with Crippen molar-refractivity contribution >= 4 is 41.8 Å². The van der Waals surface area contributed by atoms with Gasteiger partial charge in [0.2, 0.25) is 5.91 Å². The molecule has 0 saturated carbocycles. The van der Waals surface area contributed by atoms with Crippen LogP contribution in [0.25, 0.3) is 0 Å². The van der Waals surface area contributed by atoms with E-state index in [4.69, 9.17) is 0 Å². The fourth-order valence-electron chi connectivity index (χ4n) is 2.40. The predicted molar refractivity (Wildman–Crippen MR) is 88.6 cm³/mol. The number of amides is 1. The summed E-state index contributed by atoms with van der Waals surface area (Å²) in [6.07, 6.45) is 0.683. The number of nitrogens with one attached hydrogen (secondary N) is 1. The number of hydrogen-bond donors (Lipinski definition) is 1. The van der Waals surface area contributed by atoms with Crippen LogP contribution in [0, 0.1) is 5.92 Å². The zero-order valence-corrected chi connectivity index (χ0v) is 14.2. The van der Waals surface area contributed by atoms with Gasteiger partial charge in [0.15, 0.2) is 0 Å². The molecule has 6 heteroatoms. The Morgan fingerprint density at radius 2 is 2.21 bits per heavy atom. The van der Waals surface area contributed by atoms with Crippen molar-refractivity contribution in [2.45, 2.75) is 31.6 Å². The quantitative estimate of drug-likeness (QED) is 0.861. The number of hydrogen-bond acceptors (Lipinski definition) is 4. The van der Waals surface area contributed by atoms with Gasteiger partial charge in [0.1, 0.15) is 0 Å². The number of carbonyl (C=O) groups is 1. The first-order valence-electron chi connectivity index (χ1n) is 6.87. The van der Waals surface area contributed by atoms with E-state index in [1.165, 1.54) is 5.75 Å². The summed E-state index contributed by atoms with van der Waals surface area (Å²) in [6.45, 7) is 7.44. The largest absolute Gasteiger partial charge is 0.341 e. The van der Waals surface area contributed by atoms with Crippen LogP contribution in [0.2, 0.25) is 0 Å². The van der Waals surface area contributed by atoms with Gasteiger partial charge in [0.25, 0.3) is 0 Å². The molecule has 2 saturated heterocycles. The van der Waals surface area contributed by atoms with Crippen molar-refractivity contribution in [3.05, 3.63) is 0 Å². The average molecular weight is 325 g/mol. The minimum Gasteiger partial charge on any atom is -0.341 e. The molecular weight excluding hydrogens is 300 g/mol. The van der Waals surface area contributed by atoms with Crippen LogP contribution in [0.5, 0.6) is 0 Å². The minimum atomic E-state index is 0. The van der Waals surface area contributed by atoms with Gasteiger partial charge in [-0.15, -0.1) is 12.4 Å². The maximum absolute atomic E-state index is 12.3. The highest BCUT2D eigenvalue weighted by Gasteiger charge is 2.27. The van der Waals surface area contributed by atoms with Crippen molar-refractivity contribution < 1.29 is 4.79 Å². The van der Waals surface area contributed by atoms with Gasteiger partial charge >= 0.3 is 0 Å². The summed E-state index contributed by atoms with van der Waals surface area (Å²) in [6, 6.07) is 0.392. The van der Waals surface area contributed by atoms with Gasteiger partial charge in [0, 0.05) is 54.6 Å². The summed E-state index contributed by atoms with van der Waals surface area (Å²) >= 11 is 3.98. The van der Waals surface area contributed by atoms with Crippen LogP contribution >= 0.6 is 35.9 Å². The second-order valence-corrected chi connectivity index (χ2v) is 7.92. The molecule has 2 rings (SSSR count). The highest BCUT2D eigenvalue weighted by molar-refractivity contribution is 8.00. The number of carbonyl (C=O) groups excluding carboxylic acids is 1. The first kappa shape index (κ1) is 17.5. The standard InChI is InChI=1S/C13H24N2OS2.ClH/c1-10(2)12-8-15(4-6-18-12)13(16)7-11-9-17-5-3-14-11;/h10-12,14H,3-9H2,1-2H3;1H. The summed E-state index contributed by atoms with van der Waals surface area (Å²) in [4.78, 5) is 14.4. The van der Waals surface area contributed by atoms with Gasteiger partial charge in [-0.25, -0.2) is 0 Å². The summed E-state index contributed by atoms with van der Waals surface area (Å²) in [5.74, 6) is 4.37. The second-order valence-electron chi connectivity index (χ2n) is 5.42. The van der Waals surface area contributed by atoms with Crippen LogP contribution in [-0.4, -0.2) is 59.0 Å². The molecule has 2 aliphatic rings. The molecule has 1 N–H and O–H groups in total. The number of halogens is 1. The smallest absolute Gasteiger partial charge is 0.224 e. The van der Waals surface area contributed by atoms with E-state index in [0.29, 0.717) is 29.5 Å². The molecule has 0 aliphatic carbocycles. The van der Waals surface area contributed by atoms with E-state index in [1.807, 2.05) is 23.5 Å². The molecule has 2 atom stereocenters. The zero-order chi connectivity index (χ0) is 13.0. The number of nitrogens with zero attached hydrogens (tertiary/aromatic N) is 1. The molecule has 2 fully saturated rings. The van der Waals surface area contributed by atoms with Crippen molar-refractivity contribution in [3.63, 3.8) is 0 Å². The molecule has 2 aliphatic heterocycles. The Morgan fingerprint density at radius 3 is 2.84 bits per heavy atom. The van der Waals surface area contributed by atoms with E-state index in [9.17, 15) is 4.79 Å². The SMILES string of the molecule is CC(C)C1CN(C(=O)CC2CSCCN2)CCS1.Cl. The molecule has 112 valence electrons. The van der Waals surface area contributed by atoms with Crippen molar-refractivity contribution in [2.24, 2.45) is 5.92 Å². The number of thioether (sulfide) groups is 2. The van der Waals surface area contributed by atoms with Crippen molar-refractivity contribution in [1.82, 2.24) is 10.2 Å². The lowest BCUT2D eigenvalue weighted by atomic mass is 10.1. The first-order chi connectivity index (χ1) is 8.66.